The van der Waals surface area contributed by atoms with E-state index < -0.39 is 9.84 Å². The minimum absolute atomic E-state index is 0.0172. The van der Waals surface area contributed by atoms with Gasteiger partial charge in [0.05, 0.1) is 17.0 Å². The van der Waals surface area contributed by atoms with Crippen LogP contribution in [0.25, 0.3) is 10.9 Å². The first-order valence-corrected chi connectivity index (χ1v) is 13.9. The molecule has 1 aromatic heterocycles. The van der Waals surface area contributed by atoms with Crippen molar-refractivity contribution in [3.63, 3.8) is 0 Å². The Labute approximate surface area is 203 Å². The number of amides is 1. The highest BCUT2D eigenvalue weighted by Crippen LogP contribution is 2.29. The van der Waals surface area contributed by atoms with E-state index in [1.54, 1.807) is 25.3 Å². The van der Waals surface area contributed by atoms with Gasteiger partial charge in [-0.2, -0.15) is 0 Å². The van der Waals surface area contributed by atoms with Crippen LogP contribution in [0.4, 0.5) is 0 Å². The summed E-state index contributed by atoms with van der Waals surface area (Å²) < 4.78 is 35.2. The zero-order chi connectivity index (χ0) is 25.3. The van der Waals surface area contributed by atoms with E-state index in [2.05, 4.69) is 10.3 Å². The second-order valence-corrected chi connectivity index (χ2v) is 10.5. The molecule has 0 aliphatic carbocycles. The first-order valence-electron chi connectivity index (χ1n) is 12.0. The topological polar surface area (TPSA) is 97.8 Å². The van der Waals surface area contributed by atoms with E-state index in [4.69, 9.17) is 9.47 Å². The molecule has 190 valence electrons. The number of sulfone groups is 1. The lowest BCUT2D eigenvalue weighted by Gasteiger charge is -2.37. The molecule has 1 N–H and O–H groups in total. The lowest BCUT2D eigenvalue weighted by atomic mass is 10.0. The summed E-state index contributed by atoms with van der Waals surface area (Å²) in [6.07, 6.45) is 3.80. The van der Waals surface area contributed by atoms with Gasteiger partial charge in [0.2, 0.25) is 0 Å². The number of pyridine rings is 1. The maximum Gasteiger partial charge on any atom is 0.273 e. The van der Waals surface area contributed by atoms with E-state index in [1.165, 1.54) is 6.07 Å². The third-order valence-corrected chi connectivity index (χ3v) is 6.71. The molecule has 1 aliphatic rings. The van der Waals surface area contributed by atoms with Gasteiger partial charge in [-0.05, 0) is 51.4 Å². The Bertz CT molecular complexity index is 1050. The van der Waals surface area contributed by atoms with Crippen LogP contribution in [-0.4, -0.2) is 76.0 Å². The third-order valence-electron chi connectivity index (χ3n) is 5.59. The maximum absolute atomic E-state index is 13.5. The number of fused-ring (bicyclic) bond motifs is 1. The number of rotatable bonds is 9. The average molecular weight is 494 g/mol. The first-order chi connectivity index (χ1) is 16.2. The molecule has 0 bridgehead atoms. The second kappa shape index (κ2) is 13.0. The van der Waals surface area contributed by atoms with Gasteiger partial charge in [-0.3, -0.25) is 4.79 Å². The molecule has 34 heavy (non-hydrogen) atoms. The zero-order valence-electron chi connectivity index (χ0n) is 21.3. The minimum Gasteiger partial charge on any atom is -0.493 e. The van der Waals surface area contributed by atoms with Crippen molar-refractivity contribution in [2.24, 2.45) is 0 Å². The number of piperidine rings is 1. The Morgan fingerprint density at radius 2 is 1.97 bits per heavy atom. The van der Waals surface area contributed by atoms with Crippen molar-refractivity contribution in [2.45, 2.75) is 63.9 Å². The van der Waals surface area contributed by atoms with Gasteiger partial charge < -0.3 is 19.7 Å². The predicted molar refractivity (Wildman–Crippen MR) is 135 cm³/mol. The molecule has 2 heterocycles. The molecule has 1 aromatic carbocycles. The van der Waals surface area contributed by atoms with Gasteiger partial charge in [-0.15, -0.1) is 0 Å². The molecule has 0 spiro atoms. The number of carbonyl (C=O) groups is 1. The Morgan fingerprint density at radius 1 is 1.24 bits per heavy atom. The lowest BCUT2D eigenvalue weighted by molar-refractivity contribution is 0.0567. The van der Waals surface area contributed by atoms with Crippen molar-refractivity contribution in [3.05, 3.63) is 30.0 Å². The van der Waals surface area contributed by atoms with Gasteiger partial charge in [0.1, 0.15) is 11.4 Å². The highest BCUT2D eigenvalue weighted by atomic mass is 32.2. The van der Waals surface area contributed by atoms with Crippen LogP contribution in [0.1, 0.15) is 57.4 Å². The summed E-state index contributed by atoms with van der Waals surface area (Å²) in [5.41, 5.74) is 0.820. The highest BCUT2D eigenvalue weighted by molar-refractivity contribution is 7.90. The van der Waals surface area contributed by atoms with Gasteiger partial charge in [-0.1, -0.05) is 13.8 Å². The number of nitrogens with zero attached hydrogens (tertiary/aromatic N) is 2. The summed E-state index contributed by atoms with van der Waals surface area (Å²) >= 11 is 0. The van der Waals surface area contributed by atoms with Crippen LogP contribution in [0.2, 0.25) is 0 Å². The Kier molecular flexibility index (Phi) is 10.7. The number of ether oxygens (including phenoxy) is 2. The summed E-state index contributed by atoms with van der Waals surface area (Å²) in [6, 6.07) is 6.46. The molecule has 0 radical (unpaired) electrons. The van der Waals surface area contributed by atoms with E-state index in [-0.39, 0.29) is 22.9 Å². The zero-order valence-corrected chi connectivity index (χ0v) is 22.1. The molecular formula is C25H39N3O5S. The van der Waals surface area contributed by atoms with Crippen LogP contribution in [0, 0.1) is 0 Å². The van der Waals surface area contributed by atoms with E-state index in [1.807, 2.05) is 32.6 Å². The third kappa shape index (κ3) is 7.13. The molecule has 1 atom stereocenters. The number of hydrogen-bond donors (Lipinski definition) is 1. The number of aromatic nitrogens is 1. The summed E-state index contributed by atoms with van der Waals surface area (Å²) in [6.45, 7) is 10.7. The molecule has 1 fully saturated rings. The van der Waals surface area contributed by atoms with E-state index in [0.29, 0.717) is 42.0 Å². The van der Waals surface area contributed by atoms with Crippen LogP contribution in [0.15, 0.2) is 29.2 Å². The van der Waals surface area contributed by atoms with Crippen molar-refractivity contribution in [1.82, 2.24) is 15.2 Å². The van der Waals surface area contributed by atoms with Crippen LogP contribution in [-0.2, 0) is 14.6 Å². The van der Waals surface area contributed by atoms with Gasteiger partial charge >= 0.3 is 0 Å². The Balaban J connectivity index is 0.00000199. The summed E-state index contributed by atoms with van der Waals surface area (Å²) in [5.74, 6) is 0.301. The number of methoxy groups -OCH3 is 1. The van der Waals surface area contributed by atoms with Crippen molar-refractivity contribution in [1.29, 1.82) is 0 Å². The van der Waals surface area contributed by atoms with Gasteiger partial charge in [0, 0.05) is 56.5 Å². The van der Waals surface area contributed by atoms with E-state index in [9.17, 15) is 13.2 Å². The molecular weight excluding hydrogens is 454 g/mol. The van der Waals surface area contributed by atoms with E-state index in [0.717, 1.165) is 32.2 Å². The standard InChI is InChI=1S/C23H33N3O5S.C2H6/c1-16(2)26(17-7-5-10-24-15-17)23(27)21-14-22(31-12-6-11-30-3)19-13-18(32(4,28)29)8-9-20(19)25-21;1-2/h8-9,13-14,16-17,24H,5-7,10-12,15H2,1-4H3;1-2H3/t17-;/m1./s1. The van der Waals surface area contributed by atoms with Gasteiger partial charge in [0.15, 0.2) is 9.84 Å². The number of nitrogens with one attached hydrogen (secondary N) is 1. The molecule has 2 aromatic rings. The fraction of sp³-hybridized carbons (Fsp3) is 0.600. The monoisotopic (exact) mass is 493 g/mol. The number of carbonyl (C=O) groups excluding carboxylic acids is 1. The quantitative estimate of drug-likeness (QED) is 0.532. The predicted octanol–water partition coefficient (Wildman–Crippen LogP) is 3.68. The van der Waals surface area contributed by atoms with E-state index >= 15 is 0 Å². The summed E-state index contributed by atoms with van der Waals surface area (Å²) in [7, 11) is -1.77. The fourth-order valence-corrected chi connectivity index (χ4v) is 4.69. The molecule has 1 aliphatic heterocycles. The Hall–Kier alpha value is -2.23. The van der Waals surface area contributed by atoms with Crippen LogP contribution < -0.4 is 10.1 Å². The molecule has 8 nitrogen and oxygen atoms in total. The second-order valence-electron chi connectivity index (χ2n) is 8.46. The maximum atomic E-state index is 13.5. The van der Waals surface area contributed by atoms with Crippen molar-refractivity contribution >= 4 is 26.6 Å². The normalized spacial score (nSPS) is 16.1. The molecule has 1 amide bonds. The largest absolute Gasteiger partial charge is 0.493 e. The Morgan fingerprint density at radius 3 is 2.56 bits per heavy atom. The molecule has 0 unspecified atom stereocenters. The molecule has 0 saturated carbocycles. The number of hydrogen-bond acceptors (Lipinski definition) is 7. The average Bonchev–Trinajstić information content (AvgIpc) is 2.82. The van der Waals surface area contributed by atoms with Crippen molar-refractivity contribution in [3.8, 4) is 5.75 Å². The van der Waals surface area contributed by atoms with Crippen molar-refractivity contribution in [2.75, 3.05) is 39.7 Å². The van der Waals surface area contributed by atoms with Crippen LogP contribution in [0.3, 0.4) is 0 Å². The van der Waals surface area contributed by atoms with Crippen LogP contribution >= 0.6 is 0 Å². The minimum atomic E-state index is -3.39. The summed E-state index contributed by atoms with van der Waals surface area (Å²) in [4.78, 5) is 20.2. The number of benzene rings is 1. The van der Waals surface area contributed by atoms with Gasteiger partial charge in [-0.25, -0.2) is 13.4 Å². The SMILES string of the molecule is CC.COCCCOc1cc(C(=O)N(C(C)C)[C@@H]2CCCNC2)nc2ccc(S(C)(=O)=O)cc12. The highest BCUT2D eigenvalue weighted by Gasteiger charge is 2.30. The van der Waals surface area contributed by atoms with Crippen LogP contribution in [0.5, 0.6) is 5.75 Å². The summed E-state index contributed by atoms with van der Waals surface area (Å²) in [5, 5.41) is 3.94. The lowest BCUT2D eigenvalue weighted by Crippen LogP contribution is -2.51. The fourth-order valence-electron chi connectivity index (χ4n) is 4.04. The molecule has 1 saturated heterocycles. The van der Waals surface area contributed by atoms with Gasteiger partial charge in [0.25, 0.3) is 5.91 Å². The first kappa shape index (κ1) is 28.0. The van der Waals surface area contributed by atoms with Crippen molar-refractivity contribution < 1.29 is 22.7 Å². The molecule has 9 heteroatoms. The smallest absolute Gasteiger partial charge is 0.273 e. The molecule has 3 rings (SSSR count).